The molecule has 0 saturated heterocycles. The molecule has 0 fully saturated rings. The molecule has 0 saturated carbocycles. The third-order valence-electron chi connectivity index (χ3n) is 2.84. The van der Waals surface area contributed by atoms with Gasteiger partial charge in [-0.15, -0.1) is 0 Å². The number of carboxylic acids is 1. The van der Waals surface area contributed by atoms with E-state index in [0.29, 0.717) is 0 Å². The molecule has 0 aliphatic carbocycles. The molecule has 0 aliphatic heterocycles. The number of hydrogen-bond acceptors (Lipinski definition) is 2. The Morgan fingerprint density at radius 2 is 1.45 bits per heavy atom. The summed E-state index contributed by atoms with van der Waals surface area (Å²) in [5, 5.41) is 7.42. The SMILES string of the molecule is CC(=O)O.CCCCCCCCCCC(C)N=C(N)N. The van der Waals surface area contributed by atoms with Crippen LogP contribution in [0.15, 0.2) is 4.99 Å². The predicted octanol–water partition coefficient (Wildman–Crippen LogP) is 3.27. The van der Waals surface area contributed by atoms with Crippen molar-refractivity contribution in [3.63, 3.8) is 0 Å². The third-order valence-corrected chi connectivity index (χ3v) is 2.84. The molecule has 0 amide bonds. The quantitative estimate of drug-likeness (QED) is 0.326. The number of rotatable bonds is 10. The van der Waals surface area contributed by atoms with Crippen LogP contribution >= 0.6 is 0 Å². The summed E-state index contributed by atoms with van der Waals surface area (Å²) in [7, 11) is 0. The molecular weight excluding hydrogens is 254 g/mol. The highest BCUT2D eigenvalue weighted by Crippen LogP contribution is 2.11. The number of carbonyl (C=O) groups is 1. The van der Waals surface area contributed by atoms with Crippen molar-refractivity contribution in [2.45, 2.75) is 84.6 Å². The van der Waals surface area contributed by atoms with Crippen LogP contribution in [0.2, 0.25) is 0 Å². The normalized spacial score (nSPS) is 11.2. The van der Waals surface area contributed by atoms with E-state index < -0.39 is 5.97 Å². The van der Waals surface area contributed by atoms with E-state index in [0.717, 1.165) is 13.3 Å². The number of nitrogens with zero attached hydrogens (tertiary/aromatic N) is 1. The summed E-state index contributed by atoms with van der Waals surface area (Å²) >= 11 is 0. The largest absolute Gasteiger partial charge is 0.481 e. The maximum Gasteiger partial charge on any atom is 0.300 e. The van der Waals surface area contributed by atoms with Gasteiger partial charge in [0, 0.05) is 6.92 Å². The first kappa shape index (κ1) is 21.0. The molecule has 0 aromatic heterocycles. The van der Waals surface area contributed by atoms with Crippen LogP contribution < -0.4 is 11.5 Å². The first-order chi connectivity index (χ1) is 9.40. The van der Waals surface area contributed by atoms with Crippen LogP contribution in [0.1, 0.15) is 78.6 Å². The maximum atomic E-state index is 9.00. The lowest BCUT2D eigenvalue weighted by Crippen LogP contribution is -2.24. The Morgan fingerprint density at radius 3 is 1.85 bits per heavy atom. The Bertz CT molecular complexity index is 248. The zero-order chi connectivity index (χ0) is 15.8. The molecular formula is C15H33N3O2. The van der Waals surface area contributed by atoms with Crippen molar-refractivity contribution < 1.29 is 9.90 Å². The summed E-state index contributed by atoms with van der Waals surface area (Å²) in [4.78, 5) is 13.1. The Kier molecular flexibility index (Phi) is 16.6. The summed E-state index contributed by atoms with van der Waals surface area (Å²) in [5.74, 6) is -0.618. The smallest absolute Gasteiger partial charge is 0.300 e. The minimum absolute atomic E-state index is 0.215. The second kappa shape index (κ2) is 15.8. The van der Waals surface area contributed by atoms with Gasteiger partial charge in [0.1, 0.15) is 0 Å². The van der Waals surface area contributed by atoms with E-state index in [1.807, 2.05) is 0 Å². The van der Waals surface area contributed by atoms with Crippen molar-refractivity contribution in [3.8, 4) is 0 Å². The average Bonchev–Trinajstić information content (AvgIpc) is 2.31. The zero-order valence-electron chi connectivity index (χ0n) is 13.4. The molecule has 20 heavy (non-hydrogen) atoms. The summed E-state index contributed by atoms with van der Waals surface area (Å²) in [6.07, 6.45) is 11.9. The van der Waals surface area contributed by atoms with Crippen molar-refractivity contribution in [1.29, 1.82) is 0 Å². The molecule has 1 unspecified atom stereocenters. The molecule has 120 valence electrons. The molecule has 5 heteroatoms. The van der Waals surface area contributed by atoms with Crippen molar-refractivity contribution in [2.24, 2.45) is 16.5 Å². The van der Waals surface area contributed by atoms with Crippen LogP contribution in [0, 0.1) is 0 Å². The van der Waals surface area contributed by atoms with Crippen LogP contribution in [0.5, 0.6) is 0 Å². The monoisotopic (exact) mass is 287 g/mol. The number of aliphatic imine (C=N–C) groups is 1. The van der Waals surface area contributed by atoms with Crippen molar-refractivity contribution in [2.75, 3.05) is 0 Å². The van der Waals surface area contributed by atoms with E-state index in [4.69, 9.17) is 21.4 Å². The highest BCUT2D eigenvalue weighted by Gasteiger charge is 1.99. The molecule has 5 nitrogen and oxygen atoms in total. The number of unbranched alkanes of at least 4 members (excludes halogenated alkanes) is 7. The highest BCUT2D eigenvalue weighted by molar-refractivity contribution is 5.75. The first-order valence-corrected chi connectivity index (χ1v) is 7.68. The highest BCUT2D eigenvalue weighted by atomic mass is 16.4. The lowest BCUT2D eigenvalue weighted by atomic mass is 10.1. The minimum Gasteiger partial charge on any atom is -0.481 e. The second-order valence-corrected chi connectivity index (χ2v) is 5.19. The third kappa shape index (κ3) is 25.6. The van der Waals surface area contributed by atoms with Crippen LogP contribution in [-0.2, 0) is 4.79 Å². The Labute approximate surface area is 123 Å². The fraction of sp³-hybridized carbons (Fsp3) is 0.867. The van der Waals surface area contributed by atoms with Gasteiger partial charge in [0.15, 0.2) is 5.96 Å². The van der Waals surface area contributed by atoms with E-state index in [9.17, 15) is 0 Å². The number of guanidine groups is 1. The van der Waals surface area contributed by atoms with Gasteiger partial charge in [0.25, 0.3) is 5.97 Å². The van der Waals surface area contributed by atoms with E-state index in [1.54, 1.807) is 0 Å². The molecule has 0 aromatic carbocycles. The molecule has 0 radical (unpaired) electrons. The average molecular weight is 287 g/mol. The molecule has 5 N–H and O–H groups in total. The molecule has 0 aliphatic rings. The lowest BCUT2D eigenvalue weighted by Gasteiger charge is -2.06. The second-order valence-electron chi connectivity index (χ2n) is 5.19. The van der Waals surface area contributed by atoms with Gasteiger partial charge in [-0.05, 0) is 13.3 Å². The van der Waals surface area contributed by atoms with Crippen LogP contribution in [0.25, 0.3) is 0 Å². The number of carboxylic acid groups (broad SMARTS) is 1. The fourth-order valence-corrected chi connectivity index (χ4v) is 1.89. The van der Waals surface area contributed by atoms with Gasteiger partial charge in [0.05, 0.1) is 6.04 Å². The first-order valence-electron chi connectivity index (χ1n) is 7.68. The van der Waals surface area contributed by atoms with Gasteiger partial charge in [-0.3, -0.25) is 9.79 Å². The number of aliphatic carboxylic acids is 1. The van der Waals surface area contributed by atoms with Crippen LogP contribution in [0.4, 0.5) is 0 Å². The number of hydrogen-bond donors (Lipinski definition) is 3. The van der Waals surface area contributed by atoms with Gasteiger partial charge in [-0.25, -0.2) is 0 Å². The Morgan fingerprint density at radius 1 is 1.05 bits per heavy atom. The summed E-state index contributed by atoms with van der Waals surface area (Å²) < 4.78 is 0. The van der Waals surface area contributed by atoms with Crippen LogP contribution in [0.3, 0.4) is 0 Å². The lowest BCUT2D eigenvalue weighted by molar-refractivity contribution is -0.134. The topological polar surface area (TPSA) is 102 Å². The van der Waals surface area contributed by atoms with E-state index >= 15 is 0 Å². The van der Waals surface area contributed by atoms with E-state index in [2.05, 4.69) is 18.8 Å². The number of nitrogens with two attached hydrogens (primary N) is 2. The van der Waals surface area contributed by atoms with Crippen molar-refractivity contribution in [3.05, 3.63) is 0 Å². The van der Waals surface area contributed by atoms with Crippen LogP contribution in [-0.4, -0.2) is 23.1 Å². The Hall–Kier alpha value is -1.26. The zero-order valence-corrected chi connectivity index (χ0v) is 13.4. The predicted molar refractivity (Wildman–Crippen MR) is 85.8 cm³/mol. The molecule has 0 aromatic rings. The van der Waals surface area contributed by atoms with E-state index in [1.165, 1.54) is 51.4 Å². The van der Waals surface area contributed by atoms with E-state index in [-0.39, 0.29) is 12.0 Å². The van der Waals surface area contributed by atoms with Crippen molar-refractivity contribution >= 4 is 11.9 Å². The molecule has 0 bridgehead atoms. The fourth-order valence-electron chi connectivity index (χ4n) is 1.89. The Balaban J connectivity index is 0. The molecule has 0 spiro atoms. The van der Waals surface area contributed by atoms with Crippen molar-refractivity contribution in [1.82, 2.24) is 0 Å². The van der Waals surface area contributed by atoms with Gasteiger partial charge in [0.2, 0.25) is 0 Å². The standard InChI is InChI=1S/C13H29N3.C2H4O2/c1-3-4-5-6-7-8-9-10-11-12(2)16-13(14)15;1-2(3)4/h12H,3-11H2,1-2H3,(H4,14,15,16);1H3,(H,3,4). The summed E-state index contributed by atoms with van der Waals surface area (Å²) in [6.45, 7) is 5.41. The maximum absolute atomic E-state index is 9.00. The summed E-state index contributed by atoms with van der Waals surface area (Å²) in [5.41, 5.74) is 10.6. The molecule has 0 heterocycles. The van der Waals surface area contributed by atoms with Gasteiger partial charge < -0.3 is 16.6 Å². The van der Waals surface area contributed by atoms with Gasteiger partial charge in [-0.1, -0.05) is 58.3 Å². The molecule has 0 rings (SSSR count). The van der Waals surface area contributed by atoms with Gasteiger partial charge in [-0.2, -0.15) is 0 Å². The minimum atomic E-state index is -0.833. The van der Waals surface area contributed by atoms with Gasteiger partial charge >= 0.3 is 0 Å². The molecule has 1 atom stereocenters. The summed E-state index contributed by atoms with van der Waals surface area (Å²) in [6, 6.07) is 0.282.